The summed E-state index contributed by atoms with van der Waals surface area (Å²) in [5, 5.41) is 12.9. The van der Waals surface area contributed by atoms with Gasteiger partial charge in [0.15, 0.2) is 0 Å². The predicted octanol–water partition coefficient (Wildman–Crippen LogP) is 2.90. The van der Waals surface area contributed by atoms with E-state index in [0.717, 1.165) is 11.3 Å². The minimum Gasteiger partial charge on any atom is -0.478 e. The Morgan fingerprint density at radius 1 is 1.17 bits per heavy atom. The molecule has 0 amide bonds. The first-order valence-corrected chi connectivity index (χ1v) is 8.63. The number of hydrogen-bond donors (Lipinski definition) is 2. The number of para-hydroxylation sites is 1. The van der Waals surface area contributed by atoms with E-state index in [1.807, 2.05) is 0 Å². The molecule has 0 aliphatic heterocycles. The van der Waals surface area contributed by atoms with Gasteiger partial charge in [0.1, 0.15) is 16.2 Å². The van der Waals surface area contributed by atoms with Gasteiger partial charge in [-0.05, 0) is 24.3 Å². The van der Waals surface area contributed by atoms with E-state index < -0.39 is 16.0 Å². The number of carboxylic acids is 1. The van der Waals surface area contributed by atoms with Gasteiger partial charge < -0.3 is 9.63 Å². The number of sulfonamides is 1. The van der Waals surface area contributed by atoms with Crippen molar-refractivity contribution in [1.29, 1.82) is 0 Å². The molecule has 0 aliphatic carbocycles. The van der Waals surface area contributed by atoms with Crippen LogP contribution in [0.3, 0.4) is 0 Å². The highest BCUT2D eigenvalue weighted by molar-refractivity contribution is 7.94. The minimum atomic E-state index is -3.89. The van der Waals surface area contributed by atoms with Crippen LogP contribution in [0.1, 0.15) is 10.4 Å². The highest BCUT2D eigenvalue weighted by Crippen LogP contribution is 2.31. The minimum absolute atomic E-state index is 0.0105. The second-order valence-electron chi connectivity index (χ2n) is 4.46. The van der Waals surface area contributed by atoms with Crippen molar-refractivity contribution in [3.8, 4) is 10.6 Å². The third-order valence-corrected chi connectivity index (χ3v) is 5.90. The molecule has 2 aromatic heterocycles. The summed E-state index contributed by atoms with van der Waals surface area (Å²) in [6.45, 7) is 0. The van der Waals surface area contributed by atoms with E-state index in [2.05, 4.69) is 9.88 Å². The first kappa shape index (κ1) is 15.3. The lowest BCUT2D eigenvalue weighted by Gasteiger charge is -2.08. The predicted molar refractivity (Wildman–Crippen MR) is 84.0 cm³/mol. The molecule has 3 rings (SSSR count). The van der Waals surface area contributed by atoms with Gasteiger partial charge in [-0.3, -0.25) is 4.72 Å². The van der Waals surface area contributed by atoms with Gasteiger partial charge in [0, 0.05) is 6.07 Å². The van der Waals surface area contributed by atoms with Crippen LogP contribution in [0.15, 0.2) is 57.5 Å². The molecule has 0 saturated heterocycles. The van der Waals surface area contributed by atoms with Crippen molar-refractivity contribution in [3.63, 3.8) is 0 Å². The number of anilines is 1. The molecule has 0 aliphatic rings. The first-order chi connectivity index (χ1) is 11.0. The average Bonchev–Trinajstić information content (AvgIpc) is 3.18. The van der Waals surface area contributed by atoms with E-state index in [1.54, 1.807) is 18.2 Å². The van der Waals surface area contributed by atoms with Gasteiger partial charge in [0.05, 0.1) is 16.1 Å². The van der Waals surface area contributed by atoms with Crippen LogP contribution in [0.25, 0.3) is 10.6 Å². The summed E-state index contributed by atoms with van der Waals surface area (Å²) in [5.74, 6) is -1.21. The third kappa shape index (κ3) is 3.10. The van der Waals surface area contributed by atoms with Gasteiger partial charge in [-0.2, -0.15) is 0 Å². The number of rotatable bonds is 5. The van der Waals surface area contributed by atoms with Crippen molar-refractivity contribution >= 4 is 33.0 Å². The molecule has 3 aromatic rings. The molecule has 0 bridgehead atoms. The van der Waals surface area contributed by atoms with E-state index in [9.17, 15) is 13.2 Å². The van der Waals surface area contributed by atoms with Crippen molar-refractivity contribution in [2.75, 3.05) is 4.72 Å². The fraction of sp³-hybridized carbons (Fsp3) is 0. The Morgan fingerprint density at radius 3 is 2.65 bits per heavy atom. The zero-order valence-corrected chi connectivity index (χ0v) is 13.1. The fourth-order valence-electron chi connectivity index (χ4n) is 1.90. The molecule has 2 N–H and O–H groups in total. The van der Waals surface area contributed by atoms with Crippen LogP contribution in [0.2, 0.25) is 0 Å². The average molecular weight is 350 g/mol. The lowest BCUT2D eigenvalue weighted by atomic mass is 10.2. The zero-order chi connectivity index (χ0) is 16.4. The molecule has 23 heavy (non-hydrogen) atoms. The normalized spacial score (nSPS) is 11.3. The Bertz CT molecular complexity index is 945. The standard InChI is InChI=1S/C14H10N2O5S2/c17-14(18)9-3-1-2-4-10(9)16-23(19,20)13-6-5-12(22-13)11-7-8-21-15-11/h1-8,16H,(H,17,18). The van der Waals surface area contributed by atoms with Crippen molar-refractivity contribution < 1.29 is 22.8 Å². The van der Waals surface area contributed by atoms with Gasteiger partial charge in [0.2, 0.25) is 0 Å². The summed E-state index contributed by atoms with van der Waals surface area (Å²) in [5.41, 5.74) is 0.420. The molecular weight excluding hydrogens is 340 g/mol. The number of thiophene rings is 1. The van der Waals surface area contributed by atoms with Crippen LogP contribution in [0.4, 0.5) is 5.69 Å². The quantitative estimate of drug-likeness (QED) is 0.732. The smallest absolute Gasteiger partial charge is 0.337 e. The highest BCUT2D eigenvalue weighted by atomic mass is 32.2. The number of hydrogen-bond acceptors (Lipinski definition) is 6. The maximum absolute atomic E-state index is 12.4. The number of carbonyl (C=O) groups is 1. The largest absolute Gasteiger partial charge is 0.478 e. The molecule has 0 saturated carbocycles. The first-order valence-electron chi connectivity index (χ1n) is 6.33. The van der Waals surface area contributed by atoms with Crippen LogP contribution < -0.4 is 4.72 Å². The van der Waals surface area contributed by atoms with Gasteiger partial charge in [-0.1, -0.05) is 17.3 Å². The van der Waals surface area contributed by atoms with Crippen LogP contribution >= 0.6 is 11.3 Å². The SMILES string of the molecule is O=C(O)c1ccccc1NS(=O)(=O)c1ccc(-c2ccon2)s1. The number of nitrogens with one attached hydrogen (secondary N) is 1. The van der Waals surface area contributed by atoms with E-state index in [-0.39, 0.29) is 15.5 Å². The van der Waals surface area contributed by atoms with E-state index in [4.69, 9.17) is 9.63 Å². The maximum Gasteiger partial charge on any atom is 0.337 e. The van der Waals surface area contributed by atoms with E-state index in [0.29, 0.717) is 10.6 Å². The molecule has 0 atom stereocenters. The van der Waals surface area contributed by atoms with Gasteiger partial charge in [-0.25, -0.2) is 13.2 Å². The van der Waals surface area contributed by atoms with E-state index >= 15 is 0 Å². The van der Waals surface area contributed by atoms with Gasteiger partial charge >= 0.3 is 5.97 Å². The molecule has 1 aromatic carbocycles. The second kappa shape index (κ2) is 5.86. The Hall–Kier alpha value is -2.65. The number of carboxylic acid groups (broad SMARTS) is 1. The molecule has 118 valence electrons. The summed E-state index contributed by atoms with van der Waals surface area (Å²) < 4.78 is 31.9. The summed E-state index contributed by atoms with van der Waals surface area (Å²) in [6.07, 6.45) is 1.39. The van der Waals surface area contributed by atoms with Crippen LogP contribution in [0.5, 0.6) is 0 Å². The summed E-state index contributed by atoms with van der Waals surface area (Å²) in [4.78, 5) is 11.8. The fourth-order valence-corrected chi connectivity index (χ4v) is 4.24. The van der Waals surface area contributed by atoms with Crippen molar-refractivity contribution in [2.24, 2.45) is 0 Å². The highest BCUT2D eigenvalue weighted by Gasteiger charge is 2.21. The molecule has 0 unspecified atom stereocenters. The zero-order valence-electron chi connectivity index (χ0n) is 11.5. The van der Waals surface area contributed by atoms with Crippen molar-refractivity contribution in [1.82, 2.24) is 5.16 Å². The summed E-state index contributed by atoms with van der Waals surface area (Å²) in [7, 11) is -3.89. The lowest BCUT2D eigenvalue weighted by molar-refractivity contribution is 0.0698. The Balaban J connectivity index is 1.93. The number of nitrogens with zero attached hydrogens (tertiary/aromatic N) is 1. The Morgan fingerprint density at radius 2 is 1.96 bits per heavy atom. The van der Waals surface area contributed by atoms with E-state index in [1.165, 1.54) is 30.5 Å². The monoisotopic (exact) mass is 350 g/mol. The van der Waals surface area contributed by atoms with Crippen LogP contribution in [-0.4, -0.2) is 24.7 Å². The topological polar surface area (TPSA) is 110 Å². The number of aromatic nitrogens is 1. The number of benzene rings is 1. The van der Waals surface area contributed by atoms with Crippen LogP contribution in [0, 0.1) is 0 Å². The molecule has 2 heterocycles. The molecule has 0 radical (unpaired) electrons. The molecular formula is C14H10N2O5S2. The Kier molecular flexibility index (Phi) is 3.89. The maximum atomic E-state index is 12.4. The second-order valence-corrected chi connectivity index (χ2v) is 7.45. The summed E-state index contributed by atoms with van der Waals surface area (Å²) >= 11 is 1.01. The Labute approximate surface area is 135 Å². The number of aromatic carboxylic acids is 1. The lowest BCUT2D eigenvalue weighted by Crippen LogP contribution is -2.14. The molecule has 0 fully saturated rings. The van der Waals surface area contributed by atoms with Gasteiger partial charge in [-0.15, -0.1) is 11.3 Å². The molecule has 9 heteroatoms. The summed E-state index contributed by atoms with van der Waals surface area (Å²) in [6, 6.07) is 10.5. The van der Waals surface area contributed by atoms with Crippen molar-refractivity contribution in [3.05, 3.63) is 54.3 Å². The van der Waals surface area contributed by atoms with Crippen LogP contribution in [-0.2, 0) is 10.0 Å². The van der Waals surface area contributed by atoms with Crippen molar-refractivity contribution in [2.45, 2.75) is 4.21 Å². The third-order valence-electron chi connectivity index (χ3n) is 2.94. The molecule has 0 spiro atoms. The molecule has 7 nitrogen and oxygen atoms in total. The van der Waals surface area contributed by atoms with Gasteiger partial charge in [0.25, 0.3) is 10.0 Å².